The molecule has 1 aliphatic heterocycles. The average molecular weight is 393 g/mol. The highest BCUT2D eigenvalue weighted by atomic mass is 32.1. The molecule has 28 heavy (non-hydrogen) atoms. The standard InChI is InChI=1S/C20H19N5O2S/c26-19(12-4-5-12)24-17-9-14(13-6-7-21-18(13)23-17)16-3-1-2-8-25(16)20(27)15-10-28-11-22-15/h1-2,6-7,9-12,16H,3-5,8H2,(H2,21,23,24,26). The third-order valence-electron chi connectivity index (χ3n) is 5.24. The van der Waals surface area contributed by atoms with Crippen molar-refractivity contribution in [1.82, 2.24) is 19.9 Å². The lowest BCUT2D eigenvalue weighted by Gasteiger charge is -2.33. The number of rotatable bonds is 4. The monoisotopic (exact) mass is 393 g/mol. The van der Waals surface area contributed by atoms with Gasteiger partial charge in [0, 0.05) is 29.4 Å². The second-order valence-corrected chi connectivity index (χ2v) is 7.87. The Kier molecular flexibility index (Phi) is 4.20. The lowest BCUT2D eigenvalue weighted by Crippen LogP contribution is -2.37. The van der Waals surface area contributed by atoms with Gasteiger partial charge in [0.1, 0.15) is 17.2 Å². The number of carbonyl (C=O) groups is 2. The van der Waals surface area contributed by atoms with E-state index in [1.807, 2.05) is 29.3 Å². The van der Waals surface area contributed by atoms with E-state index in [0.29, 0.717) is 30.1 Å². The topological polar surface area (TPSA) is 91.0 Å². The number of nitrogens with zero attached hydrogens (tertiary/aromatic N) is 3. The van der Waals surface area contributed by atoms with Gasteiger partial charge < -0.3 is 15.2 Å². The maximum absolute atomic E-state index is 13.0. The predicted octanol–water partition coefficient (Wildman–Crippen LogP) is 3.51. The Morgan fingerprint density at radius 1 is 1.29 bits per heavy atom. The smallest absolute Gasteiger partial charge is 0.274 e. The van der Waals surface area contributed by atoms with Gasteiger partial charge in [-0.05, 0) is 37.0 Å². The normalized spacial score (nSPS) is 19.1. The lowest BCUT2D eigenvalue weighted by molar-refractivity contribution is -0.117. The van der Waals surface area contributed by atoms with Crippen LogP contribution in [0.2, 0.25) is 0 Å². The van der Waals surface area contributed by atoms with Crippen LogP contribution in [0.5, 0.6) is 0 Å². The fourth-order valence-corrected chi connectivity index (χ4v) is 4.16. The minimum Gasteiger partial charge on any atom is -0.346 e. The van der Waals surface area contributed by atoms with Gasteiger partial charge in [0.15, 0.2) is 0 Å². The summed E-state index contributed by atoms with van der Waals surface area (Å²) in [6, 6.07) is 3.73. The average Bonchev–Trinajstić information content (AvgIpc) is 3.22. The molecule has 4 heterocycles. The molecule has 5 rings (SSSR count). The second kappa shape index (κ2) is 6.87. The highest BCUT2D eigenvalue weighted by Gasteiger charge is 2.32. The third-order valence-corrected chi connectivity index (χ3v) is 5.82. The molecule has 1 aliphatic carbocycles. The number of anilines is 1. The first-order valence-corrected chi connectivity index (χ1v) is 10.3. The molecule has 2 N–H and O–H groups in total. The minimum atomic E-state index is -0.142. The lowest BCUT2D eigenvalue weighted by atomic mass is 9.96. The molecule has 0 saturated heterocycles. The largest absolute Gasteiger partial charge is 0.346 e. The molecule has 0 spiro atoms. The van der Waals surface area contributed by atoms with E-state index in [1.165, 1.54) is 11.3 Å². The van der Waals surface area contributed by atoms with E-state index in [9.17, 15) is 9.59 Å². The van der Waals surface area contributed by atoms with Crippen molar-refractivity contribution in [2.45, 2.75) is 25.3 Å². The summed E-state index contributed by atoms with van der Waals surface area (Å²) in [5, 5.41) is 5.67. The number of hydrogen-bond donors (Lipinski definition) is 2. The first-order valence-electron chi connectivity index (χ1n) is 9.34. The summed E-state index contributed by atoms with van der Waals surface area (Å²) in [4.78, 5) is 38.9. The molecule has 0 aromatic carbocycles. The number of thiazole rings is 1. The zero-order valence-electron chi connectivity index (χ0n) is 15.1. The van der Waals surface area contributed by atoms with Crippen LogP contribution in [0.1, 0.15) is 41.4 Å². The van der Waals surface area contributed by atoms with Gasteiger partial charge >= 0.3 is 0 Å². The molecular formula is C20H19N5O2S. The Balaban J connectivity index is 1.54. The van der Waals surface area contributed by atoms with Gasteiger partial charge in [-0.3, -0.25) is 9.59 Å². The van der Waals surface area contributed by atoms with Gasteiger partial charge in [-0.2, -0.15) is 0 Å². The van der Waals surface area contributed by atoms with Gasteiger partial charge in [0.25, 0.3) is 5.91 Å². The van der Waals surface area contributed by atoms with E-state index in [2.05, 4.69) is 26.3 Å². The van der Waals surface area contributed by atoms with Gasteiger partial charge in [-0.25, -0.2) is 9.97 Å². The van der Waals surface area contributed by atoms with Crippen molar-refractivity contribution in [3.8, 4) is 0 Å². The van der Waals surface area contributed by atoms with Crippen molar-refractivity contribution in [3.63, 3.8) is 0 Å². The van der Waals surface area contributed by atoms with Crippen LogP contribution in [0, 0.1) is 5.92 Å². The van der Waals surface area contributed by atoms with Crippen LogP contribution in [0.4, 0.5) is 5.82 Å². The van der Waals surface area contributed by atoms with Gasteiger partial charge in [0.05, 0.1) is 11.6 Å². The summed E-state index contributed by atoms with van der Waals surface area (Å²) in [6.07, 6.45) is 8.51. The SMILES string of the molecule is O=C(Nc1cc(C2CC=CCN2C(=O)c2cscn2)c2cc[nH]c2n1)C1CC1. The number of pyridine rings is 1. The molecule has 1 unspecified atom stereocenters. The molecule has 142 valence electrons. The van der Waals surface area contributed by atoms with E-state index in [0.717, 1.165) is 23.8 Å². The predicted molar refractivity (Wildman–Crippen MR) is 107 cm³/mol. The van der Waals surface area contributed by atoms with E-state index in [1.54, 1.807) is 10.9 Å². The molecule has 3 aromatic heterocycles. The van der Waals surface area contributed by atoms with Crippen LogP contribution in [0.25, 0.3) is 11.0 Å². The maximum Gasteiger partial charge on any atom is 0.274 e. The van der Waals surface area contributed by atoms with Crippen LogP contribution < -0.4 is 5.32 Å². The van der Waals surface area contributed by atoms with Crippen molar-refractivity contribution in [1.29, 1.82) is 0 Å². The molecule has 3 aromatic rings. The molecule has 1 fully saturated rings. The Bertz CT molecular complexity index is 1070. The molecule has 0 radical (unpaired) electrons. The summed E-state index contributed by atoms with van der Waals surface area (Å²) in [6.45, 7) is 0.527. The number of fused-ring (bicyclic) bond motifs is 1. The summed E-state index contributed by atoms with van der Waals surface area (Å²) in [5.41, 5.74) is 3.82. The summed E-state index contributed by atoms with van der Waals surface area (Å²) >= 11 is 1.41. The van der Waals surface area contributed by atoms with E-state index < -0.39 is 0 Å². The second-order valence-electron chi connectivity index (χ2n) is 7.15. The van der Waals surface area contributed by atoms with Gasteiger partial charge in [-0.15, -0.1) is 11.3 Å². The zero-order chi connectivity index (χ0) is 19.1. The third kappa shape index (κ3) is 3.09. The van der Waals surface area contributed by atoms with Crippen LogP contribution in [-0.4, -0.2) is 38.2 Å². The number of aromatic nitrogens is 3. The Hall–Kier alpha value is -3.00. The maximum atomic E-state index is 13.0. The fraction of sp³-hybridized carbons (Fsp3) is 0.300. The van der Waals surface area contributed by atoms with Crippen LogP contribution in [0.15, 0.2) is 41.4 Å². The molecule has 0 bridgehead atoms. The molecule has 2 aliphatic rings. The molecule has 1 atom stereocenters. The first kappa shape index (κ1) is 17.1. The van der Waals surface area contributed by atoms with E-state index in [4.69, 9.17) is 0 Å². The van der Waals surface area contributed by atoms with Crippen molar-refractivity contribution < 1.29 is 9.59 Å². The molecular weight excluding hydrogens is 374 g/mol. The molecule has 7 nitrogen and oxygen atoms in total. The van der Waals surface area contributed by atoms with Crippen molar-refractivity contribution in [2.24, 2.45) is 5.92 Å². The number of H-pyrrole nitrogens is 1. The number of hydrogen-bond acceptors (Lipinski definition) is 5. The Morgan fingerprint density at radius 3 is 2.96 bits per heavy atom. The Morgan fingerprint density at radius 2 is 2.18 bits per heavy atom. The minimum absolute atomic E-state index is 0.0169. The van der Waals surface area contributed by atoms with Crippen molar-refractivity contribution >= 4 is 40.0 Å². The summed E-state index contributed by atoms with van der Waals surface area (Å²) in [7, 11) is 0. The quantitative estimate of drug-likeness (QED) is 0.664. The Labute approximate surface area is 165 Å². The summed E-state index contributed by atoms with van der Waals surface area (Å²) in [5.74, 6) is 0.561. The first-order chi connectivity index (χ1) is 13.7. The van der Waals surface area contributed by atoms with Crippen molar-refractivity contribution in [3.05, 3.63) is 52.6 Å². The highest BCUT2D eigenvalue weighted by molar-refractivity contribution is 7.07. The number of nitrogens with one attached hydrogen (secondary N) is 2. The fourth-order valence-electron chi connectivity index (χ4n) is 3.63. The van der Waals surface area contributed by atoms with Gasteiger partial charge in [0.2, 0.25) is 5.91 Å². The number of amides is 2. The zero-order valence-corrected chi connectivity index (χ0v) is 15.9. The van der Waals surface area contributed by atoms with Crippen molar-refractivity contribution in [2.75, 3.05) is 11.9 Å². The molecule has 8 heteroatoms. The van der Waals surface area contributed by atoms with Crippen LogP contribution in [-0.2, 0) is 4.79 Å². The van der Waals surface area contributed by atoms with E-state index in [-0.39, 0.29) is 23.8 Å². The number of carbonyl (C=O) groups excluding carboxylic acids is 2. The van der Waals surface area contributed by atoms with Gasteiger partial charge in [-0.1, -0.05) is 12.2 Å². The van der Waals surface area contributed by atoms with Crippen LogP contribution >= 0.6 is 11.3 Å². The van der Waals surface area contributed by atoms with E-state index >= 15 is 0 Å². The molecule has 1 saturated carbocycles. The highest BCUT2D eigenvalue weighted by Crippen LogP contribution is 2.35. The number of aromatic amines is 1. The van der Waals surface area contributed by atoms with Crippen LogP contribution in [0.3, 0.4) is 0 Å². The summed E-state index contributed by atoms with van der Waals surface area (Å²) < 4.78 is 0. The molecule has 2 amide bonds.